The summed E-state index contributed by atoms with van der Waals surface area (Å²) in [6.45, 7) is 0.726. The number of nitrogens with one attached hydrogen (secondary N) is 1. The van der Waals surface area contributed by atoms with Crippen molar-refractivity contribution >= 4 is 5.65 Å². The van der Waals surface area contributed by atoms with Crippen molar-refractivity contribution in [1.82, 2.24) is 19.6 Å². The second-order valence-electron chi connectivity index (χ2n) is 5.98. The molecule has 0 aliphatic carbocycles. The topological polar surface area (TPSA) is 72.3 Å². The molecule has 0 saturated heterocycles. The Labute approximate surface area is 142 Å². The highest BCUT2D eigenvalue weighted by Gasteiger charge is 2.16. The first-order valence-corrected chi connectivity index (χ1v) is 8.07. The molecule has 25 heavy (non-hydrogen) atoms. The lowest BCUT2D eigenvalue weighted by Gasteiger charge is -2.05. The molecule has 0 amide bonds. The quantitative estimate of drug-likeness (QED) is 0.613. The molecule has 1 N–H and O–H groups in total. The average Bonchev–Trinajstić information content (AvgIpc) is 3.24. The van der Waals surface area contributed by atoms with E-state index < -0.39 is 0 Å². The molecule has 0 unspecified atom stereocenters. The SMILES string of the molecule is O=c1[nH]n2ccc(-c3ccc4c(c3)CCO4)nc2c1-c1cccnc1. The van der Waals surface area contributed by atoms with Gasteiger partial charge in [0.05, 0.1) is 17.9 Å². The highest BCUT2D eigenvalue weighted by atomic mass is 16.5. The smallest absolute Gasteiger partial charge is 0.274 e. The van der Waals surface area contributed by atoms with Gasteiger partial charge in [-0.25, -0.2) is 9.50 Å². The largest absolute Gasteiger partial charge is 0.493 e. The summed E-state index contributed by atoms with van der Waals surface area (Å²) in [6.07, 6.45) is 6.09. The van der Waals surface area contributed by atoms with Crippen LogP contribution < -0.4 is 10.3 Å². The van der Waals surface area contributed by atoms with Gasteiger partial charge in [-0.05, 0) is 35.9 Å². The molecule has 0 radical (unpaired) electrons. The zero-order valence-electron chi connectivity index (χ0n) is 13.3. The van der Waals surface area contributed by atoms with Gasteiger partial charge in [-0.15, -0.1) is 0 Å². The van der Waals surface area contributed by atoms with Gasteiger partial charge in [0.25, 0.3) is 5.56 Å². The van der Waals surface area contributed by atoms with E-state index >= 15 is 0 Å². The van der Waals surface area contributed by atoms with Crippen LogP contribution in [-0.4, -0.2) is 26.2 Å². The van der Waals surface area contributed by atoms with Crippen LogP contribution in [0.1, 0.15) is 5.56 Å². The highest BCUT2D eigenvalue weighted by molar-refractivity contribution is 5.78. The van der Waals surface area contributed by atoms with Gasteiger partial charge in [-0.3, -0.25) is 14.9 Å². The zero-order valence-corrected chi connectivity index (χ0v) is 13.3. The van der Waals surface area contributed by atoms with Crippen LogP contribution in [-0.2, 0) is 6.42 Å². The highest BCUT2D eigenvalue weighted by Crippen LogP contribution is 2.30. The van der Waals surface area contributed by atoms with Crippen molar-refractivity contribution in [2.24, 2.45) is 0 Å². The van der Waals surface area contributed by atoms with E-state index in [1.165, 1.54) is 5.56 Å². The zero-order chi connectivity index (χ0) is 16.8. The molecule has 5 rings (SSSR count). The Kier molecular flexibility index (Phi) is 2.97. The Hall–Kier alpha value is -3.41. The van der Waals surface area contributed by atoms with Gasteiger partial charge < -0.3 is 4.74 Å². The van der Waals surface area contributed by atoms with E-state index in [1.807, 2.05) is 36.5 Å². The average molecular weight is 330 g/mol. The number of aromatic amines is 1. The van der Waals surface area contributed by atoms with E-state index in [2.05, 4.69) is 16.1 Å². The molecule has 6 nitrogen and oxygen atoms in total. The summed E-state index contributed by atoms with van der Waals surface area (Å²) in [5.74, 6) is 0.943. The molecule has 4 aromatic rings. The fraction of sp³-hybridized carbons (Fsp3) is 0.105. The number of aromatic nitrogens is 4. The molecule has 4 heterocycles. The molecule has 0 fully saturated rings. The third-order valence-electron chi connectivity index (χ3n) is 4.44. The lowest BCUT2D eigenvalue weighted by Crippen LogP contribution is -2.02. The van der Waals surface area contributed by atoms with Crippen molar-refractivity contribution in [3.8, 4) is 28.1 Å². The van der Waals surface area contributed by atoms with E-state index in [4.69, 9.17) is 9.72 Å². The maximum absolute atomic E-state index is 12.4. The minimum Gasteiger partial charge on any atom is -0.493 e. The second-order valence-corrected chi connectivity index (χ2v) is 5.98. The lowest BCUT2D eigenvalue weighted by atomic mass is 10.1. The second kappa shape index (κ2) is 5.31. The minimum atomic E-state index is -0.181. The van der Waals surface area contributed by atoms with Crippen LogP contribution in [0.5, 0.6) is 5.75 Å². The monoisotopic (exact) mass is 330 g/mol. The fourth-order valence-electron chi connectivity index (χ4n) is 3.23. The molecule has 0 saturated carbocycles. The Bertz CT molecular complexity index is 1150. The summed E-state index contributed by atoms with van der Waals surface area (Å²) < 4.78 is 7.21. The fourth-order valence-corrected chi connectivity index (χ4v) is 3.23. The van der Waals surface area contributed by atoms with Crippen LogP contribution in [0.4, 0.5) is 0 Å². The van der Waals surface area contributed by atoms with E-state index in [0.717, 1.165) is 35.6 Å². The van der Waals surface area contributed by atoms with Crippen LogP contribution in [0.15, 0.2) is 59.8 Å². The van der Waals surface area contributed by atoms with E-state index in [9.17, 15) is 4.79 Å². The lowest BCUT2D eigenvalue weighted by molar-refractivity contribution is 0.357. The predicted molar refractivity (Wildman–Crippen MR) is 93.7 cm³/mol. The molecule has 1 aliphatic rings. The number of nitrogens with zero attached hydrogens (tertiary/aromatic N) is 3. The number of pyridine rings is 1. The molecule has 1 aromatic carbocycles. The molecular formula is C19H14N4O2. The van der Waals surface area contributed by atoms with E-state index in [1.54, 1.807) is 16.9 Å². The van der Waals surface area contributed by atoms with Gasteiger partial charge in [0, 0.05) is 36.1 Å². The third kappa shape index (κ3) is 2.22. The Morgan fingerprint density at radius 1 is 1.16 bits per heavy atom. The van der Waals surface area contributed by atoms with Crippen molar-refractivity contribution in [2.45, 2.75) is 6.42 Å². The van der Waals surface area contributed by atoms with E-state index in [-0.39, 0.29) is 5.56 Å². The summed E-state index contributed by atoms with van der Waals surface area (Å²) in [7, 11) is 0. The van der Waals surface area contributed by atoms with Gasteiger partial charge in [0.2, 0.25) is 0 Å². The van der Waals surface area contributed by atoms with E-state index in [0.29, 0.717) is 11.2 Å². The molecular weight excluding hydrogens is 316 g/mol. The Balaban J connectivity index is 1.70. The van der Waals surface area contributed by atoms with Gasteiger partial charge in [-0.1, -0.05) is 6.07 Å². The number of H-pyrrole nitrogens is 1. The van der Waals surface area contributed by atoms with Crippen molar-refractivity contribution in [3.05, 3.63) is 70.9 Å². The first-order chi connectivity index (χ1) is 12.3. The van der Waals surface area contributed by atoms with Crippen molar-refractivity contribution < 1.29 is 4.74 Å². The van der Waals surface area contributed by atoms with Crippen LogP contribution >= 0.6 is 0 Å². The van der Waals surface area contributed by atoms with Crippen LogP contribution in [0.3, 0.4) is 0 Å². The predicted octanol–water partition coefficient (Wildman–Crippen LogP) is 2.69. The molecule has 0 bridgehead atoms. The number of rotatable bonds is 2. The summed E-state index contributed by atoms with van der Waals surface area (Å²) in [4.78, 5) is 21.2. The number of fused-ring (bicyclic) bond motifs is 2. The molecule has 0 spiro atoms. The summed E-state index contributed by atoms with van der Waals surface area (Å²) >= 11 is 0. The van der Waals surface area contributed by atoms with Gasteiger partial charge >= 0.3 is 0 Å². The summed E-state index contributed by atoms with van der Waals surface area (Å²) in [6, 6.07) is 11.6. The summed E-state index contributed by atoms with van der Waals surface area (Å²) in [5, 5.41) is 2.80. The van der Waals surface area contributed by atoms with Crippen molar-refractivity contribution in [2.75, 3.05) is 6.61 Å². The number of hydrogen-bond acceptors (Lipinski definition) is 4. The van der Waals surface area contributed by atoms with Crippen LogP contribution in [0.25, 0.3) is 28.0 Å². The summed E-state index contributed by atoms with van der Waals surface area (Å²) in [5.41, 5.74) is 4.71. The maximum atomic E-state index is 12.4. The van der Waals surface area contributed by atoms with Crippen LogP contribution in [0, 0.1) is 0 Å². The standard InChI is InChI=1S/C19H14N4O2/c24-19-17(14-2-1-7-20-11-14)18-21-15(5-8-23(18)22-19)12-3-4-16-13(10-12)6-9-25-16/h1-5,7-8,10-11H,6,9H2,(H,22,24). The molecule has 6 heteroatoms. The number of benzene rings is 1. The molecule has 1 aliphatic heterocycles. The van der Waals surface area contributed by atoms with Crippen molar-refractivity contribution in [1.29, 1.82) is 0 Å². The minimum absolute atomic E-state index is 0.181. The van der Waals surface area contributed by atoms with Gasteiger partial charge in [0.1, 0.15) is 5.75 Å². The number of hydrogen-bond donors (Lipinski definition) is 1. The van der Waals surface area contributed by atoms with Gasteiger partial charge in [0.15, 0.2) is 5.65 Å². The normalized spacial score (nSPS) is 13.0. The molecule has 122 valence electrons. The molecule has 0 atom stereocenters. The Morgan fingerprint density at radius 2 is 2.12 bits per heavy atom. The maximum Gasteiger partial charge on any atom is 0.274 e. The van der Waals surface area contributed by atoms with Gasteiger partial charge in [-0.2, -0.15) is 0 Å². The third-order valence-corrected chi connectivity index (χ3v) is 4.44. The first kappa shape index (κ1) is 14.0. The number of ether oxygens (including phenoxy) is 1. The molecule has 3 aromatic heterocycles. The van der Waals surface area contributed by atoms with Crippen molar-refractivity contribution in [3.63, 3.8) is 0 Å². The first-order valence-electron chi connectivity index (χ1n) is 8.07. The van der Waals surface area contributed by atoms with Crippen LogP contribution in [0.2, 0.25) is 0 Å². The Morgan fingerprint density at radius 3 is 3.00 bits per heavy atom.